The molecule has 4 heterocycles. The monoisotopic (exact) mass is 540 g/mol. The van der Waals surface area contributed by atoms with E-state index in [1.807, 2.05) is 86.6 Å². The minimum absolute atomic E-state index is 0.0138. The van der Waals surface area contributed by atoms with E-state index in [1.54, 1.807) is 23.0 Å². The van der Waals surface area contributed by atoms with Crippen molar-refractivity contribution in [2.75, 3.05) is 10.2 Å². The number of benzene rings is 3. The van der Waals surface area contributed by atoms with Gasteiger partial charge in [-0.15, -0.1) is 0 Å². The summed E-state index contributed by atoms with van der Waals surface area (Å²) in [4.78, 5) is 28.2. The highest BCUT2D eigenvalue weighted by Gasteiger charge is 2.42. The topological polar surface area (TPSA) is 114 Å². The largest absolute Gasteiger partial charge is 0.337 e. The van der Waals surface area contributed by atoms with Gasteiger partial charge in [0.05, 0.1) is 28.0 Å². The van der Waals surface area contributed by atoms with Gasteiger partial charge in [0.15, 0.2) is 23.3 Å². The number of hydrogen-bond acceptors (Lipinski definition) is 8. The minimum atomic E-state index is -0.471. The standard InChI is InChI=1S/C31H24N8O2/c1-19-9-7-11-22(17-19)33-29-31-35-30-27(20(2)36-38(30)26-15-5-6-16-32-26)28(21-10-8-12-23(18-21)39(40)41)37(31)25-14-4-3-13-24(25)34-29/h3-18,28H,1-2H3,(H,33,34)/t28-/m0/s1. The van der Waals surface area contributed by atoms with Crippen molar-refractivity contribution in [2.45, 2.75) is 19.9 Å². The summed E-state index contributed by atoms with van der Waals surface area (Å²) < 4.78 is 1.73. The van der Waals surface area contributed by atoms with Crippen LogP contribution < -0.4 is 10.2 Å². The number of amidine groups is 2. The Bertz CT molecular complexity index is 1890. The van der Waals surface area contributed by atoms with Crippen molar-refractivity contribution in [1.29, 1.82) is 0 Å². The Labute approximate surface area is 235 Å². The second kappa shape index (κ2) is 9.53. The van der Waals surface area contributed by atoms with E-state index in [4.69, 9.17) is 15.1 Å². The first-order valence-electron chi connectivity index (χ1n) is 13.1. The summed E-state index contributed by atoms with van der Waals surface area (Å²) in [6.45, 7) is 3.96. The van der Waals surface area contributed by atoms with Crippen molar-refractivity contribution < 1.29 is 4.92 Å². The van der Waals surface area contributed by atoms with Crippen molar-refractivity contribution in [1.82, 2.24) is 14.8 Å². The average Bonchev–Trinajstić information content (AvgIpc) is 3.32. The molecule has 0 spiro atoms. The van der Waals surface area contributed by atoms with Crippen LogP contribution in [0.15, 0.2) is 107 Å². The van der Waals surface area contributed by atoms with Crippen molar-refractivity contribution in [2.24, 2.45) is 9.98 Å². The van der Waals surface area contributed by atoms with Gasteiger partial charge in [0.1, 0.15) is 0 Å². The van der Waals surface area contributed by atoms with Crippen LogP contribution in [0.5, 0.6) is 0 Å². The van der Waals surface area contributed by atoms with Crippen molar-refractivity contribution in [3.05, 3.63) is 130 Å². The molecule has 0 bridgehead atoms. The lowest BCUT2D eigenvalue weighted by Gasteiger charge is -2.40. The van der Waals surface area contributed by atoms with Crippen LogP contribution in [0.4, 0.5) is 28.6 Å². The number of anilines is 2. The van der Waals surface area contributed by atoms with Gasteiger partial charge in [-0.25, -0.2) is 15.0 Å². The van der Waals surface area contributed by atoms with E-state index in [0.29, 0.717) is 23.3 Å². The lowest BCUT2D eigenvalue weighted by molar-refractivity contribution is -0.384. The number of nitrogens with one attached hydrogen (secondary N) is 1. The maximum atomic E-state index is 11.8. The van der Waals surface area contributed by atoms with Crippen LogP contribution >= 0.6 is 0 Å². The van der Waals surface area contributed by atoms with Gasteiger partial charge in [-0.3, -0.25) is 10.1 Å². The Morgan fingerprint density at radius 1 is 0.902 bits per heavy atom. The fraction of sp³-hybridized carbons (Fsp3) is 0.0968. The normalized spacial score (nSPS) is 15.3. The fourth-order valence-corrected chi connectivity index (χ4v) is 5.42. The number of aryl methyl sites for hydroxylation is 2. The van der Waals surface area contributed by atoms with Gasteiger partial charge in [0, 0.05) is 29.6 Å². The molecule has 10 nitrogen and oxygen atoms in total. The van der Waals surface area contributed by atoms with Gasteiger partial charge < -0.3 is 10.2 Å². The molecule has 0 radical (unpaired) electrons. The molecule has 0 unspecified atom stereocenters. The molecule has 3 aromatic carbocycles. The van der Waals surface area contributed by atoms with Crippen LogP contribution in [0, 0.1) is 24.0 Å². The second-order valence-corrected chi connectivity index (χ2v) is 9.93. The molecule has 0 saturated carbocycles. The third kappa shape index (κ3) is 4.13. The predicted octanol–water partition coefficient (Wildman–Crippen LogP) is 6.59. The first kappa shape index (κ1) is 24.4. The number of aliphatic imine (C=N–C) groups is 2. The maximum absolute atomic E-state index is 11.8. The quantitative estimate of drug-likeness (QED) is 0.203. The van der Waals surface area contributed by atoms with Crippen LogP contribution in [0.2, 0.25) is 0 Å². The van der Waals surface area contributed by atoms with E-state index >= 15 is 0 Å². The Kier molecular flexibility index (Phi) is 5.67. The number of para-hydroxylation sites is 2. The van der Waals surface area contributed by atoms with E-state index in [-0.39, 0.29) is 10.6 Å². The molecule has 5 aromatic rings. The SMILES string of the molecule is Cc1cccc(NC2=Nc3ccccc3N3C2=Nc2c(c(C)nn2-c2ccccn2)[C@@H]3c2cccc([N+](=O)[O-])c2)c1. The smallest absolute Gasteiger partial charge is 0.269 e. The second-order valence-electron chi connectivity index (χ2n) is 9.93. The fourth-order valence-electron chi connectivity index (χ4n) is 5.42. The number of rotatable bonds is 4. The van der Waals surface area contributed by atoms with Gasteiger partial charge >= 0.3 is 0 Å². The summed E-state index contributed by atoms with van der Waals surface area (Å²) in [5.74, 6) is 2.35. The molecule has 7 rings (SSSR count). The zero-order chi connectivity index (χ0) is 28.1. The summed E-state index contributed by atoms with van der Waals surface area (Å²) in [6, 6.07) is 27.8. The van der Waals surface area contributed by atoms with Crippen LogP contribution in [-0.2, 0) is 0 Å². The molecule has 0 aliphatic carbocycles. The van der Waals surface area contributed by atoms with E-state index < -0.39 is 6.04 Å². The summed E-state index contributed by atoms with van der Waals surface area (Å²) in [7, 11) is 0. The molecule has 0 saturated heterocycles. The number of hydrogen-bond donors (Lipinski definition) is 1. The van der Waals surface area contributed by atoms with Gasteiger partial charge in [0.25, 0.3) is 5.69 Å². The molecule has 2 aromatic heterocycles. The third-order valence-corrected chi connectivity index (χ3v) is 7.18. The van der Waals surface area contributed by atoms with Crippen LogP contribution in [0.25, 0.3) is 5.82 Å². The number of nitrogens with zero attached hydrogens (tertiary/aromatic N) is 7. The van der Waals surface area contributed by atoms with Crippen molar-refractivity contribution in [3.63, 3.8) is 0 Å². The molecule has 0 fully saturated rings. The van der Waals surface area contributed by atoms with E-state index in [2.05, 4.69) is 15.2 Å². The highest BCUT2D eigenvalue weighted by atomic mass is 16.6. The Balaban J connectivity index is 1.51. The average molecular weight is 541 g/mol. The highest BCUT2D eigenvalue weighted by Crippen LogP contribution is 2.48. The molecule has 41 heavy (non-hydrogen) atoms. The Morgan fingerprint density at radius 2 is 1.73 bits per heavy atom. The summed E-state index contributed by atoms with van der Waals surface area (Å²) in [5.41, 5.74) is 5.92. The summed E-state index contributed by atoms with van der Waals surface area (Å²) in [5, 5.41) is 20.2. The first-order chi connectivity index (χ1) is 20.0. The molecular formula is C31H24N8O2. The van der Waals surface area contributed by atoms with Crippen molar-refractivity contribution in [3.8, 4) is 5.82 Å². The molecule has 1 N–H and O–H groups in total. The zero-order valence-electron chi connectivity index (χ0n) is 22.3. The molecule has 2 aliphatic heterocycles. The number of pyridine rings is 1. The number of aromatic nitrogens is 3. The predicted molar refractivity (Wildman–Crippen MR) is 159 cm³/mol. The molecule has 200 valence electrons. The number of fused-ring (bicyclic) bond motifs is 4. The third-order valence-electron chi connectivity index (χ3n) is 7.18. The number of nitro groups is 1. The molecule has 10 heteroatoms. The molecule has 0 amide bonds. The van der Waals surface area contributed by atoms with Gasteiger partial charge in [-0.05, 0) is 61.4 Å². The Hall–Kier alpha value is -5.64. The summed E-state index contributed by atoms with van der Waals surface area (Å²) in [6.07, 6.45) is 1.71. The van der Waals surface area contributed by atoms with Crippen LogP contribution in [0.3, 0.4) is 0 Å². The van der Waals surface area contributed by atoms with Gasteiger partial charge in [0.2, 0.25) is 0 Å². The molecule has 1 atom stereocenters. The maximum Gasteiger partial charge on any atom is 0.269 e. The Morgan fingerprint density at radius 3 is 2.54 bits per heavy atom. The molecule has 2 aliphatic rings. The number of nitro benzene ring substituents is 1. The lowest BCUT2D eigenvalue weighted by atomic mass is 9.93. The number of non-ortho nitro benzene ring substituents is 1. The highest BCUT2D eigenvalue weighted by molar-refractivity contribution is 6.51. The van der Waals surface area contributed by atoms with Gasteiger partial charge in [-0.2, -0.15) is 9.78 Å². The lowest BCUT2D eigenvalue weighted by Crippen LogP contribution is -2.46. The van der Waals surface area contributed by atoms with E-state index in [1.165, 1.54) is 6.07 Å². The molecular weight excluding hydrogens is 516 g/mol. The van der Waals surface area contributed by atoms with Crippen LogP contribution in [0.1, 0.15) is 28.4 Å². The zero-order valence-corrected chi connectivity index (χ0v) is 22.3. The van der Waals surface area contributed by atoms with E-state index in [0.717, 1.165) is 39.4 Å². The summed E-state index contributed by atoms with van der Waals surface area (Å²) >= 11 is 0. The first-order valence-corrected chi connectivity index (χ1v) is 13.1. The van der Waals surface area contributed by atoms with Crippen molar-refractivity contribution >= 4 is 40.2 Å². The minimum Gasteiger partial charge on any atom is -0.337 e. The van der Waals surface area contributed by atoms with E-state index in [9.17, 15) is 10.1 Å². The van der Waals surface area contributed by atoms with Crippen LogP contribution in [-0.4, -0.2) is 31.4 Å². The van der Waals surface area contributed by atoms with Gasteiger partial charge in [-0.1, -0.05) is 42.5 Å².